The van der Waals surface area contributed by atoms with Crippen LogP contribution in [0.2, 0.25) is 0 Å². The molecule has 19 heavy (non-hydrogen) atoms. The van der Waals surface area contributed by atoms with E-state index in [0.29, 0.717) is 43.2 Å². The predicted molar refractivity (Wildman–Crippen MR) is 72.0 cm³/mol. The number of aromatic nitrogens is 1. The Morgan fingerprint density at radius 2 is 2.16 bits per heavy atom. The molecule has 6 nitrogen and oxygen atoms in total. The molecule has 1 aliphatic rings. The van der Waals surface area contributed by atoms with E-state index in [4.69, 9.17) is 5.73 Å². The summed E-state index contributed by atoms with van der Waals surface area (Å²) in [6.45, 7) is 2.79. The third-order valence-corrected chi connectivity index (χ3v) is 4.55. The number of amides is 1. The van der Waals surface area contributed by atoms with Crippen molar-refractivity contribution in [2.75, 3.05) is 18.8 Å². The van der Waals surface area contributed by atoms with E-state index in [1.54, 1.807) is 10.3 Å². The molecule has 0 aromatic carbocycles. The summed E-state index contributed by atoms with van der Waals surface area (Å²) in [4.78, 5) is 29.1. The minimum Gasteiger partial charge on any atom is -0.481 e. The van der Waals surface area contributed by atoms with Gasteiger partial charge in [-0.25, -0.2) is 4.98 Å². The van der Waals surface area contributed by atoms with E-state index in [1.807, 2.05) is 6.92 Å². The van der Waals surface area contributed by atoms with Crippen molar-refractivity contribution in [2.24, 2.45) is 5.41 Å². The third kappa shape index (κ3) is 2.56. The molecule has 1 saturated heterocycles. The smallest absolute Gasteiger partial charge is 0.309 e. The number of hydrogen-bond acceptors (Lipinski definition) is 5. The summed E-state index contributed by atoms with van der Waals surface area (Å²) in [7, 11) is 0. The van der Waals surface area contributed by atoms with Crippen molar-refractivity contribution in [1.82, 2.24) is 9.88 Å². The molecular formula is C12H17N3O3S. The monoisotopic (exact) mass is 283 g/mol. The second-order valence-electron chi connectivity index (χ2n) is 4.80. The Morgan fingerprint density at radius 1 is 1.53 bits per heavy atom. The first-order chi connectivity index (χ1) is 8.98. The topological polar surface area (TPSA) is 96.5 Å². The first-order valence-electron chi connectivity index (χ1n) is 6.22. The fourth-order valence-electron chi connectivity index (χ4n) is 2.40. The standard InChI is InChI=1S/C12H17N3O3S/c1-2-12(10(17)18)3-5-15(6-4-12)9(16)8-7-19-11(13)14-8/h7H,2-6H2,1H3,(H2,13,14)(H,17,18). The molecule has 3 N–H and O–H groups in total. The van der Waals surface area contributed by atoms with Crippen molar-refractivity contribution in [2.45, 2.75) is 26.2 Å². The van der Waals surface area contributed by atoms with Gasteiger partial charge in [0, 0.05) is 18.5 Å². The maximum absolute atomic E-state index is 12.1. The van der Waals surface area contributed by atoms with Crippen LogP contribution in [-0.2, 0) is 4.79 Å². The number of nitrogens with two attached hydrogens (primary N) is 1. The highest BCUT2D eigenvalue weighted by Crippen LogP contribution is 2.35. The van der Waals surface area contributed by atoms with Gasteiger partial charge in [0.15, 0.2) is 5.13 Å². The molecule has 1 aromatic heterocycles. The van der Waals surface area contributed by atoms with Crippen LogP contribution in [-0.4, -0.2) is 40.0 Å². The van der Waals surface area contributed by atoms with Crippen LogP contribution in [0.4, 0.5) is 5.13 Å². The number of likely N-dealkylation sites (tertiary alicyclic amines) is 1. The van der Waals surface area contributed by atoms with Gasteiger partial charge in [-0.2, -0.15) is 0 Å². The number of carbonyl (C=O) groups excluding carboxylic acids is 1. The zero-order valence-corrected chi connectivity index (χ0v) is 11.6. The Labute approximate surface area is 115 Å². The molecule has 1 amide bonds. The number of carbonyl (C=O) groups is 2. The Hall–Kier alpha value is -1.63. The second-order valence-corrected chi connectivity index (χ2v) is 5.69. The highest BCUT2D eigenvalue weighted by atomic mass is 32.1. The van der Waals surface area contributed by atoms with Crippen LogP contribution in [0.25, 0.3) is 0 Å². The number of anilines is 1. The number of carboxylic acids is 1. The summed E-state index contributed by atoms with van der Waals surface area (Å²) >= 11 is 1.23. The van der Waals surface area contributed by atoms with E-state index in [1.165, 1.54) is 11.3 Å². The van der Waals surface area contributed by atoms with Gasteiger partial charge in [0.1, 0.15) is 5.69 Å². The molecule has 0 atom stereocenters. The maximum atomic E-state index is 12.1. The lowest BCUT2D eigenvalue weighted by atomic mass is 9.76. The van der Waals surface area contributed by atoms with Crippen molar-refractivity contribution >= 4 is 28.3 Å². The van der Waals surface area contributed by atoms with Crippen LogP contribution >= 0.6 is 11.3 Å². The Morgan fingerprint density at radius 3 is 2.58 bits per heavy atom. The molecule has 1 aliphatic heterocycles. The number of rotatable bonds is 3. The van der Waals surface area contributed by atoms with Crippen molar-refractivity contribution < 1.29 is 14.7 Å². The van der Waals surface area contributed by atoms with E-state index in [-0.39, 0.29) is 5.91 Å². The van der Waals surface area contributed by atoms with Crippen molar-refractivity contribution in [3.8, 4) is 0 Å². The minimum absolute atomic E-state index is 0.164. The number of nitrogen functional groups attached to an aromatic ring is 1. The van der Waals surface area contributed by atoms with Crippen LogP contribution in [0.15, 0.2) is 5.38 Å². The van der Waals surface area contributed by atoms with Crippen molar-refractivity contribution in [3.05, 3.63) is 11.1 Å². The quantitative estimate of drug-likeness (QED) is 0.875. The summed E-state index contributed by atoms with van der Waals surface area (Å²) in [5.41, 5.74) is 5.18. The summed E-state index contributed by atoms with van der Waals surface area (Å²) in [5, 5.41) is 11.3. The van der Waals surface area contributed by atoms with Crippen LogP contribution < -0.4 is 5.73 Å². The second kappa shape index (κ2) is 5.16. The average Bonchev–Trinajstić information content (AvgIpc) is 2.84. The summed E-state index contributed by atoms with van der Waals surface area (Å²) in [5.74, 6) is -0.928. The molecule has 0 saturated carbocycles. The summed E-state index contributed by atoms with van der Waals surface area (Å²) in [6.07, 6.45) is 1.57. The fraction of sp³-hybridized carbons (Fsp3) is 0.583. The van der Waals surface area contributed by atoms with E-state index < -0.39 is 11.4 Å². The maximum Gasteiger partial charge on any atom is 0.309 e. The summed E-state index contributed by atoms with van der Waals surface area (Å²) < 4.78 is 0. The van der Waals surface area contributed by atoms with Gasteiger partial charge in [0.2, 0.25) is 0 Å². The van der Waals surface area contributed by atoms with Crippen LogP contribution in [0.3, 0.4) is 0 Å². The molecule has 7 heteroatoms. The van der Waals surface area contributed by atoms with E-state index >= 15 is 0 Å². The van der Waals surface area contributed by atoms with Gasteiger partial charge in [0.05, 0.1) is 5.41 Å². The number of nitrogens with zero attached hydrogens (tertiary/aromatic N) is 2. The lowest BCUT2D eigenvalue weighted by molar-refractivity contribution is -0.152. The number of thiazole rings is 1. The lowest BCUT2D eigenvalue weighted by Gasteiger charge is -2.38. The number of carboxylic acid groups (broad SMARTS) is 1. The fourth-order valence-corrected chi connectivity index (χ4v) is 2.94. The molecule has 0 spiro atoms. The Kier molecular flexibility index (Phi) is 3.75. The van der Waals surface area contributed by atoms with Gasteiger partial charge >= 0.3 is 5.97 Å². The number of aliphatic carboxylic acids is 1. The number of piperidine rings is 1. The van der Waals surface area contributed by atoms with Gasteiger partial charge in [0.25, 0.3) is 5.91 Å². The van der Waals surface area contributed by atoms with E-state index in [9.17, 15) is 14.7 Å². The molecule has 0 unspecified atom stereocenters. The zero-order chi connectivity index (χ0) is 14.0. The SMILES string of the molecule is CCC1(C(=O)O)CCN(C(=O)c2csc(N)n2)CC1. The van der Waals surface area contributed by atoms with Crippen LogP contribution in [0, 0.1) is 5.41 Å². The normalized spacial score (nSPS) is 18.3. The van der Waals surface area contributed by atoms with Gasteiger partial charge in [-0.05, 0) is 19.3 Å². The van der Waals surface area contributed by atoms with Crippen molar-refractivity contribution in [3.63, 3.8) is 0 Å². The molecule has 0 radical (unpaired) electrons. The molecule has 1 fully saturated rings. The van der Waals surface area contributed by atoms with Gasteiger partial charge in [-0.15, -0.1) is 11.3 Å². The van der Waals surface area contributed by atoms with E-state index in [2.05, 4.69) is 4.98 Å². The third-order valence-electron chi connectivity index (χ3n) is 3.88. The predicted octanol–water partition coefficient (Wildman–Crippen LogP) is 1.44. The van der Waals surface area contributed by atoms with Gasteiger partial charge in [-0.3, -0.25) is 9.59 Å². The lowest BCUT2D eigenvalue weighted by Crippen LogP contribution is -2.46. The first kappa shape index (κ1) is 13.8. The Balaban J connectivity index is 2.04. The molecule has 1 aromatic rings. The molecule has 104 valence electrons. The molecular weight excluding hydrogens is 266 g/mol. The zero-order valence-electron chi connectivity index (χ0n) is 10.8. The molecule has 2 heterocycles. The molecule has 0 bridgehead atoms. The van der Waals surface area contributed by atoms with Gasteiger partial charge < -0.3 is 15.7 Å². The molecule has 0 aliphatic carbocycles. The average molecular weight is 283 g/mol. The molecule has 2 rings (SSSR count). The summed E-state index contributed by atoms with van der Waals surface area (Å²) in [6, 6.07) is 0. The highest BCUT2D eigenvalue weighted by molar-refractivity contribution is 7.13. The van der Waals surface area contributed by atoms with E-state index in [0.717, 1.165) is 0 Å². The van der Waals surface area contributed by atoms with Crippen molar-refractivity contribution in [1.29, 1.82) is 0 Å². The Bertz CT molecular complexity index is 492. The first-order valence-corrected chi connectivity index (χ1v) is 7.10. The number of hydrogen-bond donors (Lipinski definition) is 2. The minimum atomic E-state index is -0.764. The largest absolute Gasteiger partial charge is 0.481 e. The van der Waals surface area contributed by atoms with Crippen LogP contribution in [0.5, 0.6) is 0 Å². The van der Waals surface area contributed by atoms with Gasteiger partial charge in [-0.1, -0.05) is 6.92 Å². The highest BCUT2D eigenvalue weighted by Gasteiger charge is 2.41. The van der Waals surface area contributed by atoms with Crippen LogP contribution in [0.1, 0.15) is 36.7 Å².